The second kappa shape index (κ2) is 6.19. The Kier molecular flexibility index (Phi) is 3.88. The van der Waals surface area contributed by atoms with Gasteiger partial charge in [0.05, 0.1) is 12.6 Å². The van der Waals surface area contributed by atoms with Crippen LogP contribution in [0.15, 0.2) is 42.7 Å². The molecule has 126 valence electrons. The molecule has 0 bridgehead atoms. The van der Waals surface area contributed by atoms with Crippen LogP contribution in [0.2, 0.25) is 0 Å². The van der Waals surface area contributed by atoms with Crippen LogP contribution in [0.5, 0.6) is 11.5 Å². The first-order valence-corrected chi connectivity index (χ1v) is 8.42. The van der Waals surface area contributed by atoms with Crippen LogP contribution in [-0.2, 0) is 11.3 Å². The Morgan fingerprint density at radius 1 is 1.25 bits per heavy atom. The molecule has 3 unspecified atom stereocenters. The van der Waals surface area contributed by atoms with Gasteiger partial charge in [0.2, 0.25) is 6.10 Å². The highest BCUT2D eigenvalue weighted by Crippen LogP contribution is 2.34. The van der Waals surface area contributed by atoms with E-state index in [4.69, 9.17) is 9.47 Å². The fraction of sp³-hybridized carbons (Fsp3) is 0.444. The minimum Gasteiger partial charge on any atom is -0.482 e. The Morgan fingerprint density at radius 3 is 2.79 bits per heavy atom. The van der Waals surface area contributed by atoms with Crippen LogP contribution in [-0.4, -0.2) is 45.4 Å². The van der Waals surface area contributed by atoms with E-state index < -0.39 is 6.10 Å². The lowest BCUT2D eigenvalue weighted by Crippen LogP contribution is -2.52. The highest BCUT2D eigenvalue weighted by Gasteiger charge is 2.40. The molecule has 0 N–H and O–H groups in total. The summed E-state index contributed by atoms with van der Waals surface area (Å²) < 4.78 is 13.7. The number of carbonyl (C=O) groups excluding carboxylic acids is 1. The quantitative estimate of drug-likeness (QED) is 0.866. The average Bonchev–Trinajstić information content (AvgIpc) is 3.26. The van der Waals surface area contributed by atoms with E-state index in [0.29, 0.717) is 11.5 Å². The first kappa shape index (κ1) is 15.1. The molecule has 2 aliphatic heterocycles. The Morgan fingerprint density at radius 2 is 2.04 bits per heavy atom. The van der Waals surface area contributed by atoms with Gasteiger partial charge in [-0.25, -0.2) is 0 Å². The van der Waals surface area contributed by atoms with Crippen molar-refractivity contribution in [3.05, 3.63) is 42.7 Å². The van der Waals surface area contributed by atoms with E-state index in [1.54, 1.807) is 6.20 Å². The van der Waals surface area contributed by atoms with E-state index in [-0.39, 0.29) is 18.1 Å². The van der Waals surface area contributed by atoms with Crippen LogP contribution in [0, 0.1) is 0 Å². The van der Waals surface area contributed by atoms with Gasteiger partial charge < -0.3 is 14.4 Å². The van der Waals surface area contributed by atoms with Gasteiger partial charge >= 0.3 is 0 Å². The molecule has 6 heteroatoms. The molecular formula is C18H21N3O3. The zero-order valence-corrected chi connectivity index (χ0v) is 13.7. The van der Waals surface area contributed by atoms with Gasteiger partial charge in [-0.05, 0) is 38.0 Å². The number of para-hydroxylation sites is 2. The maximum absolute atomic E-state index is 13.1. The van der Waals surface area contributed by atoms with Crippen molar-refractivity contribution < 1.29 is 14.3 Å². The number of rotatable bonds is 3. The van der Waals surface area contributed by atoms with Crippen LogP contribution in [0.3, 0.4) is 0 Å². The summed E-state index contributed by atoms with van der Waals surface area (Å²) in [6.07, 6.45) is 4.79. The van der Waals surface area contributed by atoms with Gasteiger partial charge in [0.25, 0.3) is 5.91 Å². The number of benzene rings is 1. The maximum Gasteiger partial charge on any atom is 0.267 e. The largest absolute Gasteiger partial charge is 0.482 e. The predicted octanol–water partition coefficient (Wildman–Crippen LogP) is 2.10. The molecule has 0 aliphatic carbocycles. The third kappa shape index (κ3) is 2.72. The summed E-state index contributed by atoms with van der Waals surface area (Å²) in [7, 11) is 0. The molecule has 1 amide bonds. The fourth-order valence-corrected chi connectivity index (χ4v) is 3.49. The van der Waals surface area contributed by atoms with Gasteiger partial charge in [-0.2, -0.15) is 5.10 Å². The second-order valence-corrected chi connectivity index (χ2v) is 6.36. The first-order valence-electron chi connectivity index (χ1n) is 8.42. The van der Waals surface area contributed by atoms with E-state index in [1.165, 1.54) is 0 Å². The van der Waals surface area contributed by atoms with Crippen molar-refractivity contribution in [2.75, 3.05) is 6.54 Å². The van der Waals surface area contributed by atoms with Gasteiger partial charge in [0.15, 0.2) is 11.5 Å². The average molecular weight is 327 g/mol. The highest BCUT2D eigenvalue weighted by atomic mass is 16.6. The lowest BCUT2D eigenvalue weighted by atomic mass is 10.1. The lowest BCUT2D eigenvalue weighted by molar-refractivity contribution is -0.145. The van der Waals surface area contributed by atoms with Crippen LogP contribution in [0.25, 0.3) is 0 Å². The van der Waals surface area contributed by atoms with E-state index in [9.17, 15) is 4.79 Å². The molecule has 0 spiro atoms. The third-order valence-corrected chi connectivity index (χ3v) is 4.70. The Hall–Kier alpha value is -2.50. The minimum absolute atomic E-state index is 0.00617. The normalized spacial score (nSPS) is 25.7. The third-order valence-electron chi connectivity index (χ3n) is 4.70. The van der Waals surface area contributed by atoms with Crippen molar-refractivity contribution in [2.45, 2.75) is 44.6 Å². The number of fused-ring (bicyclic) bond motifs is 1. The maximum atomic E-state index is 13.1. The number of likely N-dealkylation sites (tertiary alicyclic amines) is 1. The first-order chi connectivity index (χ1) is 11.7. The van der Waals surface area contributed by atoms with E-state index in [2.05, 4.69) is 5.10 Å². The molecule has 1 aromatic carbocycles. The number of aromatic nitrogens is 2. The van der Waals surface area contributed by atoms with Crippen molar-refractivity contribution in [2.24, 2.45) is 0 Å². The molecule has 3 heterocycles. The molecule has 2 aromatic rings. The Labute approximate surface area is 141 Å². The summed E-state index contributed by atoms with van der Waals surface area (Å²) >= 11 is 0. The minimum atomic E-state index is -0.599. The topological polar surface area (TPSA) is 56.6 Å². The summed E-state index contributed by atoms with van der Waals surface area (Å²) in [4.78, 5) is 15.0. The molecule has 2 aliphatic rings. The fourth-order valence-electron chi connectivity index (χ4n) is 3.49. The van der Waals surface area contributed by atoms with Crippen molar-refractivity contribution in [3.8, 4) is 11.5 Å². The summed E-state index contributed by atoms with van der Waals surface area (Å²) in [5.74, 6) is 1.34. The van der Waals surface area contributed by atoms with Crippen molar-refractivity contribution >= 4 is 5.91 Å². The summed E-state index contributed by atoms with van der Waals surface area (Å²) in [6, 6.07) is 9.55. The molecule has 3 atom stereocenters. The number of nitrogens with zero attached hydrogens (tertiary/aromatic N) is 3. The monoisotopic (exact) mass is 327 g/mol. The zero-order chi connectivity index (χ0) is 16.5. The van der Waals surface area contributed by atoms with Gasteiger partial charge in [-0.3, -0.25) is 9.48 Å². The van der Waals surface area contributed by atoms with Crippen molar-refractivity contribution in [1.82, 2.24) is 14.7 Å². The molecule has 1 saturated heterocycles. The highest BCUT2D eigenvalue weighted by molar-refractivity contribution is 5.83. The predicted molar refractivity (Wildman–Crippen MR) is 87.9 cm³/mol. The number of ether oxygens (including phenoxy) is 2. The van der Waals surface area contributed by atoms with Crippen molar-refractivity contribution in [3.63, 3.8) is 0 Å². The van der Waals surface area contributed by atoms with Crippen molar-refractivity contribution in [1.29, 1.82) is 0 Å². The number of hydrogen-bond acceptors (Lipinski definition) is 4. The van der Waals surface area contributed by atoms with Gasteiger partial charge in [0, 0.05) is 18.9 Å². The molecule has 6 nitrogen and oxygen atoms in total. The van der Waals surface area contributed by atoms with E-state index in [0.717, 1.165) is 25.9 Å². The van der Waals surface area contributed by atoms with Crippen LogP contribution in [0.4, 0.5) is 0 Å². The summed E-state index contributed by atoms with van der Waals surface area (Å²) in [5.41, 5.74) is 0. The second-order valence-electron chi connectivity index (χ2n) is 6.36. The Balaban J connectivity index is 1.50. The summed E-state index contributed by atoms with van der Waals surface area (Å²) in [5, 5.41) is 4.25. The van der Waals surface area contributed by atoms with Gasteiger partial charge in [-0.1, -0.05) is 12.1 Å². The van der Waals surface area contributed by atoms with Crippen LogP contribution < -0.4 is 9.47 Å². The van der Waals surface area contributed by atoms with Gasteiger partial charge in [0.1, 0.15) is 6.10 Å². The molecular weight excluding hydrogens is 306 g/mol. The molecule has 1 aromatic heterocycles. The molecule has 0 saturated carbocycles. The zero-order valence-electron chi connectivity index (χ0n) is 13.7. The van der Waals surface area contributed by atoms with Crippen LogP contribution in [0.1, 0.15) is 19.8 Å². The lowest BCUT2D eigenvalue weighted by Gasteiger charge is -2.35. The molecule has 1 fully saturated rings. The smallest absolute Gasteiger partial charge is 0.267 e. The number of hydrogen-bond donors (Lipinski definition) is 0. The molecule has 0 radical (unpaired) electrons. The number of carbonyl (C=O) groups is 1. The van der Waals surface area contributed by atoms with E-state index >= 15 is 0 Å². The SMILES string of the molecule is CC1Oc2ccccc2OC1C(=O)N1CCCC1Cn1cccn1. The van der Waals surface area contributed by atoms with Crippen LogP contribution >= 0.6 is 0 Å². The molecule has 24 heavy (non-hydrogen) atoms. The standard InChI is InChI=1S/C18H21N3O3/c1-13-17(24-16-8-3-2-7-15(16)23-13)18(22)21-11-4-6-14(21)12-20-10-5-9-19-20/h2-3,5,7-10,13-14,17H,4,6,11-12H2,1H3. The van der Waals surface area contributed by atoms with E-state index in [1.807, 2.05) is 53.0 Å². The molecule has 4 rings (SSSR count). The summed E-state index contributed by atoms with van der Waals surface area (Å²) in [6.45, 7) is 3.37. The van der Waals surface area contributed by atoms with Gasteiger partial charge in [-0.15, -0.1) is 0 Å². The Bertz CT molecular complexity index is 716. The number of amides is 1.